The first-order valence-electron chi connectivity index (χ1n) is 8.95. The van der Waals surface area contributed by atoms with Crippen LogP contribution in [0.4, 0.5) is 10.2 Å². The normalized spacial score (nSPS) is 14.4. The number of carbonyl (C=O) groups excluding carboxylic acids is 1. The summed E-state index contributed by atoms with van der Waals surface area (Å²) in [6.07, 6.45) is 2.42. The van der Waals surface area contributed by atoms with Crippen LogP contribution < -0.4 is 20.5 Å². The van der Waals surface area contributed by atoms with Gasteiger partial charge >= 0.3 is 0 Å². The molecule has 0 spiro atoms. The van der Waals surface area contributed by atoms with Gasteiger partial charge in [-0.25, -0.2) is 9.37 Å². The van der Waals surface area contributed by atoms with Gasteiger partial charge in [0.15, 0.2) is 0 Å². The van der Waals surface area contributed by atoms with Crippen molar-refractivity contribution in [3.05, 3.63) is 35.8 Å². The van der Waals surface area contributed by atoms with Gasteiger partial charge in [-0.3, -0.25) is 4.79 Å². The monoisotopic (exact) mass is 373 g/mol. The van der Waals surface area contributed by atoms with Gasteiger partial charge < -0.3 is 20.5 Å². The minimum Gasteiger partial charge on any atom is -0.493 e. The number of halogens is 1. The van der Waals surface area contributed by atoms with Crippen LogP contribution in [-0.4, -0.2) is 23.5 Å². The molecule has 0 bridgehead atoms. The molecule has 1 amide bonds. The number of amides is 1. The molecule has 144 valence electrons. The van der Waals surface area contributed by atoms with Crippen molar-refractivity contribution in [2.45, 2.75) is 39.8 Å². The molecule has 6 nitrogen and oxygen atoms in total. The lowest BCUT2D eigenvalue weighted by Crippen LogP contribution is -2.21. The van der Waals surface area contributed by atoms with Gasteiger partial charge in [-0.2, -0.15) is 0 Å². The Bertz CT molecular complexity index is 855. The Balaban J connectivity index is 1.85. The maximum Gasteiger partial charge on any atom is 0.222 e. The molecule has 2 heterocycles. The van der Waals surface area contributed by atoms with E-state index in [1.165, 1.54) is 13.0 Å². The zero-order valence-corrected chi connectivity index (χ0v) is 15.7. The van der Waals surface area contributed by atoms with E-state index in [9.17, 15) is 9.18 Å². The summed E-state index contributed by atoms with van der Waals surface area (Å²) in [5, 5.41) is 2.62. The number of anilines is 1. The minimum absolute atomic E-state index is 0.0927. The summed E-state index contributed by atoms with van der Waals surface area (Å²) in [6, 6.07) is 4.80. The fourth-order valence-corrected chi connectivity index (χ4v) is 3.19. The number of hydrogen-bond acceptors (Lipinski definition) is 5. The molecular formula is C20H24FN3O3. The Morgan fingerprint density at radius 2 is 2.19 bits per heavy atom. The molecule has 7 heteroatoms. The van der Waals surface area contributed by atoms with Gasteiger partial charge in [0.25, 0.3) is 0 Å². The number of benzene rings is 1. The third-order valence-electron chi connectivity index (χ3n) is 4.28. The van der Waals surface area contributed by atoms with Gasteiger partial charge in [0.1, 0.15) is 29.7 Å². The Morgan fingerprint density at radius 3 is 2.89 bits per heavy atom. The molecule has 0 fully saturated rings. The Hall–Kier alpha value is -2.67. The van der Waals surface area contributed by atoms with E-state index in [2.05, 4.69) is 10.3 Å². The molecule has 2 unspecified atom stereocenters. The molecule has 2 aromatic rings. The number of nitrogens with zero attached hydrogens (tertiary/aromatic N) is 1. The first-order chi connectivity index (χ1) is 12.8. The number of nitrogens with two attached hydrogens (primary N) is 1. The highest BCUT2D eigenvalue weighted by atomic mass is 19.1. The van der Waals surface area contributed by atoms with Crippen LogP contribution >= 0.6 is 0 Å². The van der Waals surface area contributed by atoms with Crippen molar-refractivity contribution < 1.29 is 18.7 Å². The first kappa shape index (κ1) is 19.1. The predicted molar refractivity (Wildman–Crippen MR) is 101 cm³/mol. The maximum atomic E-state index is 14.9. The van der Waals surface area contributed by atoms with Crippen molar-refractivity contribution in [3.8, 4) is 22.6 Å². The third kappa shape index (κ3) is 4.54. The number of carbonyl (C=O) groups is 1. The van der Waals surface area contributed by atoms with Gasteiger partial charge in [0.05, 0.1) is 12.2 Å². The van der Waals surface area contributed by atoms with E-state index in [0.29, 0.717) is 35.1 Å². The average Bonchev–Trinajstić information content (AvgIpc) is 2.58. The summed E-state index contributed by atoms with van der Waals surface area (Å²) in [5.41, 5.74) is 7.56. The van der Waals surface area contributed by atoms with Gasteiger partial charge in [0, 0.05) is 42.4 Å². The van der Waals surface area contributed by atoms with E-state index < -0.39 is 5.82 Å². The number of aromatic nitrogens is 1. The lowest BCUT2D eigenvalue weighted by molar-refractivity contribution is -0.114. The van der Waals surface area contributed by atoms with Crippen LogP contribution in [0.15, 0.2) is 24.4 Å². The van der Waals surface area contributed by atoms with Crippen LogP contribution in [0.1, 0.15) is 32.8 Å². The molecule has 0 saturated carbocycles. The van der Waals surface area contributed by atoms with Crippen molar-refractivity contribution in [1.82, 2.24) is 4.98 Å². The summed E-state index contributed by atoms with van der Waals surface area (Å²) >= 11 is 0. The third-order valence-corrected chi connectivity index (χ3v) is 4.28. The van der Waals surface area contributed by atoms with Crippen molar-refractivity contribution in [2.24, 2.45) is 11.7 Å². The largest absolute Gasteiger partial charge is 0.493 e. The van der Waals surface area contributed by atoms with E-state index in [-0.39, 0.29) is 24.5 Å². The Morgan fingerprint density at radius 1 is 1.41 bits per heavy atom. The predicted octanol–water partition coefficient (Wildman–Crippen LogP) is 3.49. The second-order valence-electron chi connectivity index (χ2n) is 7.10. The molecule has 3 N–H and O–H groups in total. The van der Waals surface area contributed by atoms with E-state index >= 15 is 0 Å². The van der Waals surface area contributed by atoms with Gasteiger partial charge in [0.2, 0.25) is 5.91 Å². The lowest BCUT2D eigenvalue weighted by Gasteiger charge is -2.23. The number of nitrogens with one attached hydrogen (secondary N) is 1. The highest BCUT2D eigenvalue weighted by molar-refractivity contribution is 5.89. The molecule has 0 radical (unpaired) electrons. The second-order valence-corrected chi connectivity index (χ2v) is 7.10. The van der Waals surface area contributed by atoms with Crippen molar-refractivity contribution in [2.75, 3.05) is 11.9 Å². The zero-order chi connectivity index (χ0) is 19.6. The van der Waals surface area contributed by atoms with Crippen LogP contribution in [0.3, 0.4) is 0 Å². The number of rotatable bonds is 6. The summed E-state index contributed by atoms with van der Waals surface area (Å²) < 4.78 is 26.3. The van der Waals surface area contributed by atoms with Crippen LogP contribution in [-0.2, 0) is 11.4 Å². The molecule has 1 aromatic heterocycles. The Kier molecular flexibility index (Phi) is 5.60. The first-order valence-corrected chi connectivity index (χ1v) is 8.95. The Labute approximate surface area is 157 Å². The fraction of sp³-hybridized carbons (Fsp3) is 0.400. The van der Waals surface area contributed by atoms with Gasteiger partial charge in [-0.15, -0.1) is 0 Å². The molecule has 1 aliphatic rings. The molecule has 3 rings (SSSR count). The average molecular weight is 373 g/mol. The maximum absolute atomic E-state index is 14.9. The highest BCUT2D eigenvalue weighted by Gasteiger charge is 2.23. The summed E-state index contributed by atoms with van der Waals surface area (Å²) in [6.45, 7) is 6.12. The number of pyridine rings is 1. The van der Waals surface area contributed by atoms with E-state index in [0.717, 1.165) is 12.0 Å². The van der Waals surface area contributed by atoms with Crippen LogP contribution in [0, 0.1) is 11.7 Å². The molecule has 27 heavy (non-hydrogen) atoms. The van der Waals surface area contributed by atoms with Crippen molar-refractivity contribution in [1.29, 1.82) is 0 Å². The van der Waals surface area contributed by atoms with E-state index in [4.69, 9.17) is 15.2 Å². The second kappa shape index (κ2) is 7.92. The fourth-order valence-electron chi connectivity index (χ4n) is 3.19. The van der Waals surface area contributed by atoms with Crippen LogP contribution in [0.25, 0.3) is 11.1 Å². The minimum atomic E-state index is -0.441. The number of ether oxygens (including phenoxy) is 2. The molecule has 1 aliphatic heterocycles. The van der Waals surface area contributed by atoms with Crippen molar-refractivity contribution in [3.63, 3.8) is 0 Å². The summed E-state index contributed by atoms with van der Waals surface area (Å²) in [4.78, 5) is 15.4. The van der Waals surface area contributed by atoms with Crippen LogP contribution in [0.2, 0.25) is 0 Å². The quantitative estimate of drug-likeness (QED) is 0.809. The van der Waals surface area contributed by atoms with Crippen LogP contribution in [0.5, 0.6) is 11.5 Å². The molecular weight excluding hydrogens is 349 g/mol. The topological polar surface area (TPSA) is 86.5 Å². The van der Waals surface area contributed by atoms with Crippen molar-refractivity contribution >= 4 is 11.7 Å². The molecule has 0 aliphatic carbocycles. The number of hydrogen-bond donors (Lipinski definition) is 2. The van der Waals surface area contributed by atoms with Gasteiger partial charge in [-0.1, -0.05) is 6.92 Å². The standard InChI is InChI=1S/C20H24FN3O3/c1-11(4-12(2)22)9-26-15-5-17(21)20-16-7-19(24-13(3)25)23-8-14(16)10-27-18(20)6-15/h5-8,11-12H,4,9-10,22H2,1-3H3,(H,23,24,25). The highest BCUT2D eigenvalue weighted by Crippen LogP contribution is 2.42. The smallest absolute Gasteiger partial charge is 0.222 e. The summed E-state index contributed by atoms with van der Waals surface area (Å²) in [5.74, 6) is 0.790. The lowest BCUT2D eigenvalue weighted by atomic mass is 9.97. The SMILES string of the molecule is CC(=O)Nc1cc2c(cn1)COc1cc(OCC(C)CC(C)N)cc(F)c1-2. The molecule has 1 aromatic carbocycles. The van der Waals surface area contributed by atoms with Gasteiger partial charge in [-0.05, 0) is 25.3 Å². The zero-order valence-electron chi connectivity index (χ0n) is 15.7. The van der Waals surface area contributed by atoms with E-state index in [1.54, 1.807) is 18.3 Å². The summed E-state index contributed by atoms with van der Waals surface area (Å²) in [7, 11) is 0. The van der Waals surface area contributed by atoms with E-state index in [1.807, 2.05) is 13.8 Å². The molecule has 0 saturated heterocycles. The number of fused-ring (bicyclic) bond motifs is 3. The molecule has 2 atom stereocenters.